The number of amides is 1. The van der Waals surface area contributed by atoms with Crippen LogP contribution in [-0.4, -0.2) is 75.3 Å². The fourth-order valence-corrected chi connectivity index (χ4v) is 6.23. The van der Waals surface area contributed by atoms with E-state index in [0.717, 1.165) is 55.4 Å². The van der Waals surface area contributed by atoms with E-state index >= 15 is 0 Å². The predicted molar refractivity (Wildman–Crippen MR) is 158 cm³/mol. The molecule has 1 N–H and O–H groups in total. The molecule has 0 spiro atoms. The number of anilines is 1. The van der Waals surface area contributed by atoms with Crippen molar-refractivity contribution < 1.29 is 14.3 Å². The number of benzene rings is 2. The van der Waals surface area contributed by atoms with Gasteiger partial charge in [0.05, 0.1) is 6.04 Å². The number of nitrogens with one attached hydrogen (secondary N) is 1. The number of aromatic nitrogens is 4. The molecule has 2 atom stereocenters. The van der Waals surface area contributed by atoms with E-state index < -0.39 is 0 Å². The van der Waals surface area contributed by atoms with Gasteiger partial charge in [0, 0.05) is 57.7 Å². The summed E-state index contributed by atoms with van der Waals surface area (Å²) in [6, 6.07) is 16.2. The largest absolute Gasteiger partial charge is 0.486 e. The summed E-state index contributed by atoms with van der Waals surface area (Å²) < 4.78 is 14.0. The highest BCUT2D eigenvalue weighted by Crippen LogP contribution is 2.31. The summed E-state index contributed by atoms with van der Waals surface area (Å²) in [4.78, 5) is 31.3. The van der Waals surface area contributed by atoms with Gasteiger partial charge in [-0.2, -0.15) is 4.98 Å². The van der Waals surface area contributed by atoms with Crippen molar-refractivity contribution in [2.24, 2.45) is 0 Å². The second-order valence-electron chi connectivity index (χ2n) is 11.2. The summed E-state index contributed by atoms with van der Waals surface area (Å²) in [6.45, 7) is 4.01. The average molecular weight is 566 g/mol. The lowest BCUT2D eigenvalue weighted by atomic mass is 10.1. The Balaban J connectivity index is 1.05. The molecule has 2 aromatic heterocycles. The van der Waals surface area contributed by atoms with Gasteiger partial charge >= 0.3 is 0 Å². The number of carbonyl (C=O) groups excluding carboxylic acids is 1. The predicted octanol–water partition coefficient (Wildman–Crippen LogP) is 3.19. The van der Waals surface area contributed by atoms with Crippen molar-refractivity contribution >= 4 is 11.7 Å². The molecule has 7 rings (SSSR count). The highest BCUT2D eigenvalue weighted by Gasteiger charge is 2.32. The van der Waals surface area contributed by atoms with Crippen LogP contribution in [0.1, 0.15) is 29.5 Å². The van der Waals surface area contributed by atoms with Crippen LogP contribution in [0.2, 0.25) is 0 Å². The molecular weight excluding hydrogens is 530 g/mol. The van der Waals surface area contributed by atoms with E-state index in [1.54, 1.807) is 23.3 Å². The van der Waals surface area contributed by atoms with Crippen molar-refractivity contribution in [3.63, 3.8) is 0 Å². The fraction of sp³-hybridized carbons (Fsp3) is 0.375. The normalized spacial score (nSPS) is 19.9. The van der Waals surface area contributed by atoms with Gasteiger partial charge in [0.2, 0.25) is 11.9 Å². The van der Waals surface area contributed by atoms with Gasteiger partial charge in [0.1, 0.15) is 24.9 Å². The van der Waals surface area contributed by atoms with Crippen LogP contribution in [-0.2, 0) is 24.2 Å². The molecule has 2 aliphatic heterocycles. The number of para-hydroxylation sites is 2. The molecule has 1 fully saturated rings. The number of nitrogens with zero attached hydrogens (tertiary/aromatic N) is 6. The molecule has 1 aliphatic carbocycles. The first kappa shape index (κ1) is 26.5. The zero-order valence-corrected chi connectivity index (χ0v) is 23.6. The molecule has 0 saturated carbocycles. The van der Waals surface area contributed by atoms with Gasteiger partial charge in [0.25, 0.3) is 0 Å². The third-order valence-corrected chi connectivity index (χ3v) is 8.33. The standard InChI is InChI=1S/C32H35N7O3/c40-31(35-18-23-8-9-24-4-3-5-25(24)16-23)17-26-19-37(20-27-21-41-28-6-1-2-7-29(28)42-27)14-15-39(26)30-10-11-34-32(36-30)38-13-12-33-22-38/h1-2,6-13,16,22,26-27H,3-5,14-15,17-21H2,(H,35,40). The van der Waals surface area contributed by atoms with Crippen LogP contribution >= 0.6 is 0 Å². The maximum Gasteiger partial charge on any atom is 0.236 e. The van der Waals surface area contributed by atoms with Gasteiger partial charge in [-0.05, 0) is 54.2 Å². The SMILES string of the molecule is O=C(CC1CN(CC2COc3ccccc3O2)CCN1c1ccnc(-n2ccnc2)n1)NCc1ccc2c(c1)CCC2. The molecule has 0 radical (unpaired) electrons. The Morgan fingerprint density at radius 1 is 1.02 bits per heavy atom. The van der Waals surface area contributed by atoms with Crippen LogP contribution in [0.25, 0.3) is 5.95 Å². The first-order chi connectivity index (χ1) is 20.7. The minimum atomic E-state index is -0.0763. The van der Waals surface area contributed by atoms with E-state index in [4.69, 9.17) is 14.5 Å². The second-order valence-corrected chi connectivity index (χ2v) is 11.2. The van der Waals surface area contributed by atoms with Crippen molar-refractivity contribution in [2.75, 3.05) is 37.7 Å². The second kappa shape index (κ2) is 11.8. The molecule has 42 heavy (non-hydrogen) atoms. The summed E-state index contributed by atoms with van der Waals surface area (Å²) in [5.74, 6) is 2.95. The number of ether oxygens (including phenoxy) is 2. The van der Waals surface area contributed by atoms with E-state index in [9.17, 15) is 4.79 Å². The molecule has 4 heterocycles. The minimum Gasteiger partial charge on any atom is -0.486 e. The van der Waals surface area contributed by atoms with Crippen LogP contribution in [0.3, 0.4) is 0 Å². The first-order valence-electron chi connectivity index (χ1n) is 14.7. The molecule has 10 heteroatoms. The molecule has 2 aromatic carbocycles. The summed E-state index contributed by atoms with van der Waals surface area (Å²) in [5.41, 5.74) is 4.02. The Hall–Kier alpha value is -4.44. The zero-order chi connectivity index (χ0) is 28.3. The summed E-state index contributed by atoms with van der Waals surface area (Å²) in [6.07, 6.45) is 10.8. The number of piperazine rings is 1. The highest BCUT2D eigenvalue weighted by atomic mass is 16.6. The number of carbonyl (C=O) groups is 1. The lowest BCUT2D eigenvalue weighted by Crippen LogP contribution is -2.57. The lowest BCUT2D eigenvalue weighted by molar-refractivity contribution is -0.121. The number of aryl methyl sites for hydroxylation is 2. The number of hydrogen-bond acceptors (Lipinski definition) is 8. The molecule has 1 amide bonds. The third-order valence-electron chi connectivity index (χ3n) is 8.33. The topological polar surface area (TPSA) is 97.6 Å². The van der Waals surface area contributed by atoms with Crippen molar-refractivity contribution in [3.05, 3.63) is 90.1 Å². The molecule has 3 aliphatic rings. The van der Waals surface area contributed by atoms with Gasteiger partial charge in [-0.1, -0.05) is 30.3 Å². The molecular formula is C32H35N7O3. The third kappa shape index (κ3) is 5.80. The quantitative estimate of drug-likeness (QED) is 0.348. The molecule has 2 unspecified atom stereocenters. The number of imidazole rings is 1. The van der Waals surface area contributed by atoms with E-state index in [-0.39, 0.29) is 18.1 Å². The monoisotopic (exact) mass is 565 g/mol. The Morgan fingerprint density at radius 2 is 1.93 bits per heavy atom. The van der Waals surface area contributed by atoms with Crippen LogP contribution in [0, 0.1) is 0 Å². The smallest absolute Gasteiger partial charge is 0.236 e. The minimum absolute atomic E-state index is 0.0300. The highest BCUT2D eigenvalue weighted by molar-refractivity contribution is 5.77. The van der Waals surface area contributed by atoms with Crippen molar-refractivity contribution in [1.82, 2.24) is 29.7 Å². The maximum absolute atomic E-state index is 13.3. The molecule has 10 nitrogen and oxygen atoms in total. The van der Waals surface area contributed by atoms with E-state index in [0.29, 0.717) is 32.1 Å². The summed E-state index contributed by atoms with van der Waals surface area (Å²) >= 11 is 0. The van der Waals surface area contributed by atoms with Gasteiger partial charge in [-0.25, -0.2) is 9.97 Å². The van der Waals surface area contributed by atoms with E-state index in [1.165, 1.54) is 17.5 Å². The van der Waals surface area contributed by atoms with Crippen LogP contribution < -0.4 is 19.7 Å². The summed E-state index contributed by atoms with van der Waals surface area (Å²) in [7, 11) is 0. The number of hydrogen-bond donors (Lipinski definition) is 1. The van der Waals surface area contributed by atoms with Crippen LogP contribution in [0.4, 0.5) is 5.82 Å². The van der Waals surface area contributed by atoms with Gasteiger partial charge in [0.15, 0.2) is 11.5 Å². The number of fused-ring (bicyclic) bond motifs is 2. The maximum atomic E-state index is 13.3. The Kier molecular flexibility index (Phi) is 7.44. The molecule has 0 bridgehead atoms. The van der Waals surface area contributed by atoms with Gasteiger partial charge in [-0.15, -0.1) is 0 Å². The van der Waals surface area contributed by atoms with E-state index in [1.807, 2.05) is 36.5 Å². The Bertz CT molecular complexity index is 1540. The van der Waals surface area contributed by atoms with E-state index in [2.05, 4.69) is 43.3 Å². The van der Waals surface area contributed by atoms with Gasteiger partial charge in [-0.3, -0.25) is 14.3 Å². The fourth-order valence-electron chi connectivity index (χ4n) is 6.23. The Labute approximate surface area is 245 Å². The first-order valence-corrected chi connectivity index (χ1v) is 14.7. The molecule has 216 valence electrons. The number of rotatable bonds is 8. The van der Waals surface area contributed by atoms with Crippen molar-refractivity contribution in [1.29, 1.82) is 0 Å². The van der Waals surface area contributed by atoms with Crippen molar-refractivity contribution in [3.8, 4) is 17.4 Å². The molecule has 1 saturated heterocycles. The lowest BCUT2D eigenvalue weighted by Gasteiger charge is -2.43. The Morgan fingerprint density at radius 3 is 2.83 bits per heavy atom. The zero-order valence-electron chi connectivity index (χ0n) is 23.6. The molecule has 4 aromatic rings. The van der Waals surface area contributed by atoms with Crippen LogP contribution in [0.15, 0.2) is 73.4 Å². The van der Waals surface area contributed by atoms with Crippen LogP contribution in [0.5, 0.6) is 11.5 Å². The summed E-state index contributed by atoms with van der Waals surface area (Å²) in [5, 5.41) is 3.18. The van der Waals surface area contributed by atoms with Crippen molar-refractivity contribution in [2.45, 2.75) is 44.4 Å². The average Bonchev–Trinajstić information content (AvgIpc) is 3.73. The van der Waals surface area contributed by atoms with Gasteiger partial charge < -0.3 is 19.7 Å².